The van der Waals surface area contributed by atoms with Crippen molar-refractivity contribution in [3.8, 4) is 0 Å². The highest BCUT2D eigenvalue weighted by atomic mass is 32.1. The van der Waals surface area contributed by atoms with E-state index in [1.54, 1.807) is 0 Å². The summed E-state index contributed by atoms with van der Waals surface area (Å²) >= 11 is 2.95. The van der Waals surface area contributed by atoms with E-state index in [-0.39, 0.29) is 24.4 Å². The number of fused-ring (bicyclic) bond motifs is 1. The first kappa shape index (κ1) is 20.1. The summed E-state index contributed by atoms with van der Waals surface area (Å²) in [7, 11) is 0. The van der Waals surface area contributed by atoms with Gasteiger partial charge in [0, 0.05) is 32.9 Å². The summed E-state index contributed by atoms with van der Waals surface area (Å²) in [5.41, 5.74) is -2.24. The first-order valence-electron chi connectivity index (χ1n) is 9.06. The second kappa shape index (κ2) is 7.89. The molecule has 0 saturated carbocycles. The van der Waals surface area contributed by atoms with E-state index < -0.39 is 30.2 Å². The molecule has 2 heterocycles. The van der Waals surface area contributed by atoms with E-state index in [2.05, 4.69) is 0 Å². The zero-order valence-corrected chi connectivity index (χ0v) is 16.9. The molecule has 1 aliphatic rings. The molecule has 3 atom stereocenters. The lowest BCUT2D eigenvalue weighted by Gasteiger charge is -2.38. The lowest BCUT2D eigenvalue weighted by Crippen LogP contribution is -2.52. The predicted octanol–water partition coefficient (Wildman–Crippen LogP) is 2.92. The Morgan fingerprint density at radius 3 is 2.66 bits per heavy atom. The molecule has 1 aliphatic carbocycles. The van der Waals surface area contributed by atoms with Gasteiger partial charge in [0.2, 0.25) is 0 Å². The van der Waals surface area contributed by atoms with E-state index >= 15 is 0 Å². The van der Waals surface area contributed by atoms with E-state index in [0.29, 0.717) is 0 Å². The Morgan fingerprint density at radius 1 is 1.17 bits per heavy atom. The number of thiophene rings is 2. The second-order valence-corrected chi connectivity index (χ2v) is 9.22. The summed E-state index contributed by atoms with van der Waals surface area (Å²) in [5.74, 6) is -1.55. The molecule has 1 aromatic carbocycles. The number of hydrogen-bond donors (Lipinski definition) is 4. The number of aliphatic carboxylic acids is 1. The van der Waals surface area contributed by atoms with Crippen molar-refractivity contribution in [2.24, 2.45) is 0 Å². The van der Waals surface area contributed by atoms with Gasteiger partial charge in [-0.15, -0.1) is 22.7 Å². The van der Waals surface area contributed by atoms with Crippen LogP contribution in [0.1, 0.15) is 16.2 Å². The van der Waals surface area contributed by atoms with Crippen molar-refractivity contribution in [3.05, 3.63) is 68.9 Å². The van der Waals surface area contributed by atoms with Gasteiger partial charge in [0.25, 0.3) is 0 Å². The van der Waals surface area contributed by atoms with Gasteiger partial charge >= 0.3 is 5.97 Å². The molecule has 8 heteroatoms. The quantitative estimate of drug-likeness (QED) is 0.477. The van der Waals surface area contributed by atoms with Crippen molar-refractivity contribution in [3.63, 3.8) is 0 Å². The molecule has 29 heavy (non-hydrogen) atoms. The van der Waals surface area contributed by atoms with E-state index in [1.165, 1.54) is 22.7 Å². The Hall–Kier alpha value is -2.23. The first-order chi connectivity index (χ1) is 13.9. The van der Waals surface area contributed by atoms with E-state index in [4.69, 9.17) is 4.74 Å². The van der Waals surface area contributed by atoms with Crippen molar-refractivity contribution < 1.29 is 30.0 Å². The summed E-state index contributed by atoms with van der Waals surface area (Å²) in [6, 6.07) is 13.4. The zero-order valence-electron chi connectivity index (χ0n) is 15.3. The highest BCUT2D eigenvalue weighted by Gasteiger charge is 2.50. The highest BCUT2D eigenvalue weighted by molar-refractivity contribution is 7.19. The highest BCUT2D eigenvalue weighted by Crippen LogP contribution is 2.39. The van der Waals surface area contributed by atoms with Crippen LogP contribution < -0.4 is 0 Å². The van der Waals surface area contributed by atoms with Crippen LogP contribution in [0.4, 0.5) is 0 Å². The van der Waals surface area contributed by atoms with Gasteiger partial charge in [0.15, 0.2) is 5.60 Å². The van der Waals surface area contributed by atoms with Gasteiger partial charge in [-0.2, -0.15) is 0 Å². The van der Waals surface area contributed by atoms with Gasteiger partial charge in [-0.3, -0.25) is 0 Å². The molecule has 4 N–H and O–H groups in total. The normalized spacial score (nSPS) is 24.8. The summed E-state index contributed by atoms with van der Waals surface area (Å²) in [5, 5.41) is 44.3. The number of carboxylic acids is 1. The number of ether oxygens (including phenoxy) is 1. The molecule has 3 aromatic rings. The molecule has 0 spiro atoms. The maximum Gasteiger partial charge on any atom is 0.340 e. The summed E-state index contributed by atoms with van der Waals surface area (Å²) in [6.45, 7) is 0.113. The third-order valence-electron chi connectivity index (χ3n) is 5.07. The van der Waals surface area contributed by atoms with Crippen LogP contribution in [0.2, 0.25) is 0 Å². The lowest BCUT2D eigenvalue weighted by atomic mass is 9.77. The number of aliphatic hydroxyl groups is 3. The molecule has 0 saturated heterocycles. The second-order valence-electron chi connectivity index (χ2n) is 7.02. The first-order valence-corrected chi connectivity index (χ1v) is 10.8. The van der Waals surface area contributed by atoms with Crippen LogP contribution in [0, 0.1) is 0 Å². The molecule has 0 fully saturated rings. The smallest absolute Gasteiger partial charge is 0.340 e. The third-order valence-corrected chi connectivity index (χ3v) is 7.03. The van der Waals surface area contributed by atoms with Gasteiger partial charge in [-0.05, 0) is 29.0 Å². The number of carbonyl (C=O) groups is 1. The Labute approximate surface area is 174 Å². The van der Waals surface area contributed by atoms with Gasteiger partial charge in [0.05, 0.1) is 6.10 Å². The van der Waals surface area contributed by atoms with Crippen LogP contribution >= 0.6 is 22.7 Å². The molecule has 4 rings (SSSR count). The van der Waals surface area contributed by atoms with Crippen molar-refractivity contribution >= 4 is 38.7 Å². The summed E-state index contributed by atoms with van der Waals surface area (Å²) in [4.78, 5) is 13.7. The van der Waals surface area contributed by atoms with Crippen molar-refractivity contribution in [1.29, 1.82) is 0 Å². The van der Waals surface area contributed by atoms with E-state index in [9.17, 15) is 25.2 Å². The van der Waals surface area contributed by atoms with Gasteiger partial charge in [-0.25, -0.2) is 4.79 Å². The fourth-order valence-corrected chi connectivity index (χ4v) is 5.25. The molecule has 6 nitrogen and oxygen atoms in total. The standard InChI is InChI=1S/C21H20O6S2/c22-16-10-21(26,20(24)25)15(9-14-8-12-4-1-2-6-17(12)29-14)19(18(16)23)27-11-13-5-3-7-28-13/h1-8,16,18,22-23,26H,9-11H2,(H,24,25)/t16-,18+,21-/m1/s1. The molecular formula is C21H20O6S2. The molecule has 0 amide bonds. The Balaban J connectivity index is 1.76. The minimum absolute atomic E-state index is 0.0699. The largest absolute Gasteiger partial charge is 0.489 e. The summed E-state index contributed by atoms with van der Waals surface area (Å²) in [6.07, 6.45) is -3.25. The fraction of sp³-hybridized carbons (Fsp3) is 0.286. The average Bonchev–Trinajstić information content (AvgIpc) is 3.34. The minimum atomic E-state index is -2.32. The van der Waals surface area contributed by atoms with Crippen molar-refractivity contribution in [2.45, 2.75) is 37.3 Å². The van der Waals surface area contributed by atoms with Crippen LogP contribution in [0.3, 0.4) is 0 Å². The van der Waals surface area contributed by atoms with Crippen LogP contribution in [-0.2, 0) is 22.6 Å². The molecule has 0 radical (unpaired) electrons. The number of aliphatic hydroxyl groups excluding tert-OH is 2. The van der Waals surface area contributed by atoms with Gasteiger partial charge in [0.1, 0.15) is 18.5 Å². The maximum absolute atomic E-state index is 12.0. The Kier molecular flexibility index (Phi) is 5.46. The molecule has 152 valence electrons. The monoisotopic (exact) mass is 432 g/mol. The van der Waals surface area contributed by atoms with Crippen LogP contribution in [-0.4, -0.2) is 44.2 Å². The predicted molar refractivity (Wildman–Crippen MR) is 111 cm³/mol. The maximum atomic E-state index is 12.0. The zero-order chi connectivity index (χ0) is 20.6. The lowest BCUT2D eigenvalue weighted by molar-refractivity contribution is -0.162. The topological polar surface area (TPSA) is 107 Å². The number of hydrogen-bond acceptors (Lipinski definition) is 7. The fourth-order valence-electron chi connectivity index (χ4n) is 3.56. The number of rotatable bonds is 6. The molecule has 0 bridgehead atoms. The summed E-state index contributed by atoms with van der Waals surface area (Å²) < 4.78 is 6.82. The Bertz CT molecular complexity index is 1020. The third kappa shape index (κ3) is 3.82. The SMILES string of the molecule is O=C(O)[C@@]1(O)C[C@@H](O)[C@H](O)C(OCc2cccs2)=C1Cc1cc2ccccc2s1. The Morgan fingerprint density at radius 2 is 1.97 bits per heavy atom. The molecule has 0 aliphatic heterocycles. The van der Waals surface area contributed by atoms with E-state index in [1.807, 2.05) is 47.8 Å². The number of benzene rings is 1. The molecular weight excluding hydrogens is 412 g/mol. The van der Waals surface area contributed by atoms with Crippen LogP contribution in [0.25, 0.3) is 10.1 Å². The van der Waals surface area contributed by atoms with Gasteiger partial charge in [-0.1, -0.05) is 24.3 Å². The van der Waals surface area contributed by atoms with Crippen LogP contribution in [0.5, 0.6) is 0 Å². The molecule has 0 unspecified atom stereocenters. The minimum Gasteiger partial charge on any atom is -0.489 e. The van der Waals surface area contributed by atoms with Crippen molar-refractivity contribution in [2.75, 3.05) is 0 Å². The number of carboxylic acid groups (broad SMARTS) is 1. The van der Waals surface area contributed by atoms with Crippen molar-refractivity contribution in [1.82, 2.24) is 0 Å². The van der Waals surface area contributed by atoms with Gasteiger partial charge < -0.3 is 25.2 Å². The van der Waals surface area contributed by atoms with E-state index in [0.717, 1.165) is 19.8 Å². The molecule has 2 aromatic heterocycles. The van der Waals surface area contributed by atoms with Crippen LogP contribution in [0.15, 0.2) is 59.2 Å². The average molecular weight is 433 g/mol.